The summed E-state index contributed by atoms with van der Waals surface area (Å²) < 4.78 is 5.53. The topological polar surface area (TPSA) is 87.3 Å². The number of aromatic nitrogens is 2. The number of aromatic amines is 1. The summed E-state index contributed by atoms with van der Waals surface area (Å²) in [7, 11) is 0. The van der Waals surface area contributed by atoms with Crippen molar-refractivity contribution < 1.29 is 14.3 Å². The van der Waals surface area contributed by atoms with Gasteiger partial charge in [-0.2, -0.15) is 5.10 Å². The van der Waals surface area contributed by atoms with Gasteiger partial charge < -0.3 is 15.0 Å². The second kappa shape index (κ2) is 6.58. The van der Waals surface area contributed by atoms with E-state index in [0.717, 1.165) is 29.8 Å². The number of hydrogen-bond donors (Lipinski definition) is 2. The molecule has 1 fully saturated rings. The smallest absolute Gasteiger partial charge is 0.271 e. The van der Waals surface area contributed by atoms with Crippen LogP contribution in [0.2, 0.25) is 0 Å². The Labute approximate surface area is 145 Å². The maximum atomic E-state index is 12.2. The summed E-state index contributed by atoms with van der Waals surface area (Å²) in [6, 6.07) is 9.44. The summed E-state index contributed by atoms with van der Waals surface area (Å²) in [4.78, 5) is 26.1. The summed E-state index contributed by atoms with van der Waals surface area (Å²) >= 11 is 0. The van der Waals surface area contributed by atoms with Gasteiger partial charge in [-0.15, -0.1) is 0 Å². The van der Waals surface area contributed by atoms with Gasteiger partial charge in [0.1, 0.15) is 11.4 Å². The van der Waals surface area contributed by atoms with Crippen molar-refractivity contribution in [3.63, 3.8) is 0 Å². The predicted octanol–water partition coefficient (Wildman–Crippen LogP) is 1.44. The van der Waals surface area contributed by atoms with Gasteiger partial charge >= 0.3 is 0 Å². The highest BCUT2D eigenvalue weighted by molar-refractivity contribution is 5.92. The molecule has 0 saturated heterocycles. The molecule has 7 nitrogen and oxygen atoms in total. The third-order valence-corrected chi connectivity index (χ3v) is 4.55. The minimum atomic E-state index is -0.220. The van der Waals surface area contributed by atoms with E-state index in [0.29, 0.717) is 31.2 Å². The van der Waals surface area contributed by atoms with E-state index in [1.165, 1.54) is 0 Å². The molecule has 0 atom stereocenters. The van der Waals surface area contributed by atoms with Crippen LogP contribution in [0.15, 0.2) is 30.3 Å². The number of H-pyrrole nitrogens is 1. The fourth-order valence-electron chi connectivity index (χ4n) is 2.95. The summed E-state index contributed by atoms with van der Waals surface area (Å²) in [5, 5.41) is 9.82. The van der Waals surface area contributed by atoms with Crippen molar-refractivity contribution in [2.45, 2.75) is 25.3 Å². The largest absolute Gasteiger partial charge is 0.483 e. The number of carbonyl (C=O) groups excluding carboxylic acids is 2. The number of para-hydroxylation sites is 1. The van der Waals surface area contributed by atoms with E-state index in [-0.39, 0.29) is 18.4 Å². The minimum absolute atomic E-state index is 0.0229. The molecule has 2 N–H and O–H groups in total. The average molecular weight is 340 g/mol. The lowest BCUT2D eigenvalue weighted by atomic mass is 10.2. The zero-order valence-corrected chi connectivity index (χ0v) is 13.8. The Morgan fingerprint density at radius 2 is 2.20 bits per heavy atom. The van der Waals surface area contributed by atoms with Gasteiger partial charge in [-0.05, 0) is 25.0 Å². The van der Waals surface area contributed by atoms with Gasteiger partial charge in [0.25, 0.3) is 11.8 Å². The van der Waals surface area contributed by atoms with Crippen LogP contribution in [0.3, 0.4) is 0 Å². The Morgan fingerprint density at radius 1 is 1.36 bits per heavy atom. The molecule has 1 aliphatic carbocycles. The van der Waals surface area contributed by atoms with Crippen LogP contribution in [-0.2, 0) is 11.3 Å². The molecule has 0 bridgehead atoms. The van der Waals surface area contributed by atoms with Crippen molar-refractivity contribution in [2.24, 2.45) is 0 Å². The number of nitrogens with one attached hydrogen (secondary N) is 2. The molecule has 25 heavy (non-hydrogen) atoms. The lowest BCUT2D eigenvalue weighted by Gasteiger charge is -2.20. The minimum Gasteiger partial charge on any atom is -0.483 e. The van der Waals surface area contributed by atoms with Crippen LogP contribution in [0.5, 0.6) is 5.75 Å². The molecule has 0 unspecified atom stereocenters. The van der Waals surface area contributed by atoms with E-state index in [1.807, 2.05) is 30.3 Å². The van der Waals surface area contributed by atoms with Crippen molar-refractivity contribution in [3.05, 3.63) is 47.3 Å². The number of benzene rings is 1. The molecule has 4 rings (SSSR count). The fraction of sp³-hybridized carbons (Fsp3) is 0.389. The van der Waals surface area contributed by atoms with Crippen LogP contribution in [0.4, 0.5) is 0 Å². The van der Waals surface area contributed by atoms with Crippen LogP contribution in [0, 0.1) is 0 Å². The number of hydrogen-bond acceptors (Lipinski definition) is 4. The summed E-state index contributed by atoms with van der Waals surface area (Å²) in [6.07, 6.45) is 2.31. The highest BCUT2D eigenvalue weighted by Gasteiger charge is 2.26. The van der Waals surface area contributed by atoms with Crippen molar-refractivity contribution >= 4 is 11.8 Å². The van der Waals surface area contributed by atoms with E-state index in [4.69, 9.17) is 4.74 Å². The Morgan fingerprint density at radius 3 is 3.04 bits per heavy atom. The quantitative estimate of drug-likeness (QED) is 0.862. The zero-order valence-electron chi connectivity index (χ0n) is 13.8. The normalized spacial score (nSPS) is 16.8. The highest BCUT2D eigenvalue weighted by atomic mass is 16.5. The van der Waals surface area contributed by atoms with Crippen molar-refractivity contribution in [3.8, 4) is 5.75 Å². The highest BCUT2D eigenvalue weighted by Crippen LogP contribution is 2.38. The van der Waals surface area contributed by atoms with Crippen molar-refractivity contribution in [2.75, 3.05) is 19.7 Å². The lowest BCUT2D eigenvalue weighted by Crippen LogP contribution is -2.39. The molecule has 1 saturated carbocycles. The summed E-state index contributed by atoms with van der Waals surface area (Å²) in [5.41, 5.74) is 2.40. The van der Waals surface area contributed by atoms with E-state index in [2.05, 4.69) is 15.5 Å². The first-order chi connectivity index (χ1) is 12.2. The van der Waals surface area contributed by atoms with E-state index < -0.39 is 0 Å². The molecule has 2 aliphatic rings. The Hall–Kier alpha value is -2.83. The first-order valence-electron chi connectivity index (χ1n) is 8.52. The van der Waals surface area contributed by atoms with Crippen molar-refractivity contribution in [1.82, 2.24) is 20.4 Å². The Balaban J connectivity index is 1.32. The molecular weight excluding hydrogens is 320 g/mol. The second-order valence-corrected chi connectivity index (χ2v) is 6.45. The van der Waals surface area contributed by atoms with E-state index >= 15 is 0 Å². The molecule has 2 heterocycles. The van der Waals surface area contributed by atoms with Crippen LogP contribution >= 0.6 is 0 Å². The number of fused-ring (bicyclic) bond motifs is 1. The number of nitrogens with zero attached hydrogens (tertiary/aromatic N) is 2. The van der Waals surface area contributed by atoms with E-state index in [9.17, 15) is 9.59 Å². The fourth-order valence-corrected chi connectivity index (χ4v) is 2.95. The predicted molar refractivity (Wildman–Crippen MR) is 90.2 cm³/mol. The first kappa shape index (κ1) is 15.7. The third-order valence-electron chi connectivity index (χ3n) is 4.55. The van der Waals surface area contributed by atoms with Gasteiger partial charge in [-0.3, -0.25) is 14.7 Å². The Bertz CT molecular complexity index is 797. The van der Waals surface area contributed by atoms with Gasteiger partial charge in [0.05, 0.1) is 0 Å². The van der Waals surface area contributed by atoms with Gasteiger partial charge in [-0.25, -0.2) is 0 Å². The maximum Gasteiger partial charge on any atom is 0.271 e. The molecule has 2 aromatic rings. The molecule has 1 aromatic heterocycles. The molecule has 0 radical (unpaired) electrons. The average Bonchev–Trinajstić information content (AvgIpc) is 3.38. The molecule has 2 amide bonds. The number of amides is 2. The maximum absolute atomic E-state index is 12.2. The summed E-state index contributed by atoms with van der Waals surface area (Å²) in [6.45, 7) is 1.31. The van der Waals surface area contributed by atoms with Gasteiger partial charge in [0, 0.05) is 36.8 Å². The van der Waals surface area contributed by atoms with Gasteiger partial charge in [0.15, 0.2) is 6.61 Å². The van der Waals surface area contributed by atoms with Crippen LogP contribution in [0.1, 0.15) is 40.5 Å². The number of rotatable bonds is 5. The lowest BCUT2D eigenvalue weighted by molar-refractivity contribution is -0.133. The number of ether oxygens (including phenoxy) is 1. The standard InChI is InChI=1S/C18H20N4O3/c23-17-11-25-16-4-2-1-3-13(16)10-22(17)8-7-19-18(24)15-9-14(20-21-15)12-5-6-12/h1-4,9,12H,5-8,10-11H2,(H,19,24)(H,20,21). The van der Waals surface area contributed by atoms with Crippen LogP contribution in [-0.4, -0.2) is 46.6 Å². The third kappa shape index (κ3) is 3.50. The molecule has 1 aliphatic heterocycles. The Kier molecular flexibility index (Phi) is 4.13. The molecule has 130 valence electrons. The molecule has 0 spiro atoms. The monoisotopic (exact) mass is 340 g/mol. The molecule has 7 heteroatoms. The van der Waals surface area contributed by atoms with Crippen LogP contribution < -0.4 is 10.1 Å². The first-order valence-corrected chi connectivity index (χ1v) is 8.52. The van der Waals surface area contributed by atoms with E-state index in [1.54, 1.807) is 4.90 Å². The molecule has 1 aromatic carbocycles. The van der Waals surface area contributed by atoms with Gasteiger partial charge in [-0.1, -0.05) is 18.2 Å². The van der Waals surface area contributed by atoms with Crippen LogP contribution in [0.25, 0.3) is 0 Å². The van der Waals surface area contributed by atoms with Crippen molar-refractivity contribution in [1.29, 1.82) is 0 Å². The van der Waals surface area contributed by atoms with Gasteiger partial charge in [0.2, 0.25) is 0 Å². The summed E-state index contributed by atoms with van der Waals surface area (Å²) in [5.74, 6) is 0.971. The SMILES string of the molecule is O=C(NCCN1Cc2ccccc2OCC1=O)c1cc(C2CC2)[nH]n1. The number of carbonyl (C=O) groups is 2. The zero-order chi connectivity index (χ0) is 17.2. The molecular formula is C18H20N4O3. The second-order valence-electron chi connectivity index (χ2n) is 6.45.